The number of hydrogen-bond acceptors (Lipinski definition) is 5. The summed E-state index contributed by atoms with van der Waals surface area (Å²) in [4.78, 5) is 1.11. The van der Waals surface area contributed by atoms with Gasteiger partial charge in [-0.2, -0.15) is 0 Å². The normalized spacial score (nSPS) is 19.9. The quantitative estimate of drug-likeness (QED) is 0.686. The number of quaternary nitrogens is 1. The number of ether oxygens (including phenoxy) is 2. The van der Waals surface area contributed by atoms with E-state index in [1.165, 1.54) is 0 Å². The number of methoxy groups -OCH3 is 1. The first-order chi connectivity index (χ1) is 9.98. The van der Waals surface area contributed by atoms with Gasteiger partial charge in [-0.3, -0.25) is 0 Å². The Morgan fingerprint density at radius 2 is 1.76 bits per heavy atom. The van der Waals surface area contributed by atoms with E-state index < -0.39 is 15.9 Å². The van der Waals surface area contributed by atoms with Gasteiger partial charge in [0.25, 0.3) is 0 Å². The molecule has 0 bridgehead atoms. The van der Waals surface area contributed by atoms with Crippen LogP contribution in [0.3, 0.4) is 0 Å². The monoisotopic (exact) mass is 316 g/mol. The van der Waals surface area contributed by atoms with Gasteiger partial charge >= 0.3 is 0 Å². The zero-order chi connectivity index (χ0) is 15.3. The molecule has 1 heterocycles. The summed E-state index contributed by atoms with van der Waals surface area (Å²) in [5.41, 5.74) is 0. The fraction of sp³-hybridized carbons (Fsp3) is 0.571. The maximum absolute atomic E-state index is 11.3. The molecule has 0 aliphatic carbocycles. The second kappa shape index (κ2) is 7.11. The Bertz CT molecular complexity index is 529. The van der Waals surface area contributed by atoms with Gasteiger partial charge in [-0.05, 0) is 24.3 Å². The lowest BCUT2D eigenvalue weighted by Crippen LogP contribution is -3.15. The molecule has 21 heavy (non-hydrogen) atoms. The van der Waals surface area contributed by atoms with Crippen LogP contribution in [0.25, 0.3) is 0 Å². The Kier molecular flexibility index (Phi) is 5.44. The molecular weight excluding hydrogens is 294 g/mol. The van der Waals surface area contributed by atoms with Crippen LogP contribution in [0.1, 0.15) is 0 Å². The highest BCUT2D eigenvalue weighted by Crippen LogP contribution is 2.16. The molecule has 0 saturated carbocycles. The zero-order valence-corrected chi connectivity index (χ0v) is 12.9. The molecule has 0 spiro atoms. The van der Waals surface area contributed by atoms with E-state index in [1.54, 1.807) is 31.4 Å². The van der Waals surface area contributed by atoms with E-state index in [0.29, 0.717) is 25.4 Å². The van der Waals surface area contributed by atoms with Crippen LogP contribution in [0, 0.1) is 0 Å². The Morgan fingerprint density at radius 3 is 2.33 bits per heavy atom. The summed E-state index contributed by atoms with van der Waals surface area (Å²) < 4.78 is 33.2. The summed E-state index contributed by atoms with van der Waals surface area (Å²) in [6.07, 6.45) is -0.608. The fourth-order valence-corrected chi connectivity index (χ4v) is 3.69. The van der Waals surface area contributed by atoms with Gasteiger partial charge in [0.1, 0.15) is 30.8 Å². The van der Waals surface area contributed by atoms with Crippen LogP contribution in [-0.2, 0) is 9.84 Å². The van der Waals surface area contributed by atoms with Crippen molar-refractivity contribution in [3.63, 3.8) is 0 Å². The molecule has 1 aromatic carbocycles. The average Bonchev–Trinajstić information content (AvgIpc) is 2.48. The van der Waals surface area contributed by atoms with E-state index >= 15 is 0 Å². The minimum Gasteiger partial charge on any atom is -0.497 e. The molecule has 1 atom stereocenters. The number of hydrogen-bond donors (Lipinski definition) is 2. The number of rotatable bonds is 6. The van der Waals surface area contributed by atoms with Crippen LogP contribution in [0.4, 0.5) is 0 Å². The topological polar surface area (TPSA) is 77.3 Å². The maximum atomic E-state index is 11.3. The van der Waals surface area contributed by atoms with Gasteiger partial charge in [0.2, 0.25) is 0 Å². The van der Waals surface area contributed by atoms with E-state index in [2.05, 4.69) is 0 Å². The van der Waals surface area contributed by atoms with Crippen LogP contribution in [-0.4, -0.2) is 64.5 Å². The number of aliphatic hydroxyl groups excluding tert-OH is 1. The van der Waals surface area contributed by atoms with Gasteiger partial charge in [0.05, 0.1) is 31.7 Å². The van der Waals surface area contributed by atoms with E-state index in [4.69, 9.17) is 9.47 Å². The highest BCUT2D eigenvalue weighted by Gasteiger charge is 2.26. The Hall–Kier alpha value is -1.31. The molecule has 1 aliphatic heterocycles. The van der Waals surface area contributed by atoms with Crippen LogP contribution >= 0.6 is 0 Å². The van der Waals surface area contributed by atoms with Crippen molar-refractivity contribution in [2.24, 2.45) is 0 Å². The maximum Gasteiger partial charge on any atom is 0.161 e. The molecular formula is C14H22NO5S+. The zero-order valence-electron chi connectivity index (χ0n) is 12.1. The summed E-state index contributed by atoms with van der Waals surface area (Å²) >= 11 is 0. The third-order valence-corrected chi connectivity index (χ3v) is 5.21. The number of nitrogens with one attached hydrogen (secondary N) is 1. The van der Waals surface area contributed by atoms with E-state index in [0.717, 1.165) is 10.6 Å². The number of aliphatic hydroxyl groups is 1. The lowest BCUT2D eigenvalue weighted by Gasteiger charge is -2.25. The minimum absolute atomic E-state index is 0.197. The summed E-state index contributed by atoms with van der Waals surface area (Å²) in [6, 6.07) is 7.16. The van der Waals surface area contributed by atoms with Crippen LogP contribution in [0.5, 0.6) is 11.5 Å². The molecule has 0 aromatic heterocycles. The van der Waals surface area contributed by atoms with Crippen LogP contribution < -0.4 is 14.4 Å². The first kappa shape index (κ1) is 16.1. The van der Waals surface area contributed by atoms with Crippen molar-refractivity contribution in [2.75, 3.05) is 44.9 Å². The Labute approximate surface area is 125 Å². The lowest BCUT2D eigenvalue weighted by molar-refractivity contribution is -0.899. The SMILES string of the molecule is COc1ccc(OC[C@H](O)C[NH+]2CCS(=O)(=O)CC2)cc1. The van der Waals surface area contributed by atoms with Crippen molar-refractivity contribution in [1.82, 2.24) is 0 Å². The summed E-state index contributed by atoms with van der Waals surface area (Å²) in [5, 5.41) is 9.97. The first-order valence-electron chi connectivity index (χ1n) is 6.97. The summed E-state index contributed by atoms with van der Waals surface area (Å²) in [5.74, 6) is 1.83. The molecule has 118 valence electrons. The van der Waals surface area contributed by atoms with Crippen molar-refractivity contribution in [2.45, 2.75) is 6.10 Å². The summed E-state index contributed by atoms with van der Waals surface area (Å²) in [6.45, 7) is 1.82. The van der Waals surface area contributed by atoms with Gasteiger partial charge in [-0.25, -0.2) is 8.42 Å². The molecule has 0 radical (unpaired) electrons. The van der Waals surface area contributed by atoms with Crippen molar-refractivity contribution in [3.05, 3.63) is 24.3 Å². The second-order valence-corrected chi connectivity index (χ2v) is 7.55. The number of sulfone groups is 1. The third-order valence-electron chi connectivity index (χ3n) is 3.56. The Morgan fingerprint density at radius 1 is 1.19 bits per heavy atom. The minimum atomic E-state index is -2.86. The van der Waals surface area contributed by atoms with Crippen LogP contribution in [0.15, 0.2) is 24.3 Å². The van der Waals surface area contributed by atoms with Gasteiger partial charge < -0.3 is 19.5 Å². The second-order valence-electron chi connectivity index (χ2n) is 5.25. The van der Waals surface area contributed by atoms with E-state index in [1.807, 2.05) is 0 Å². The molecule has 0 amide bonds. The molecule has 0 unspecified atom stereocenters. The van der Waals surface area contributed by atoms with Gasteiger partial charge in [-0.1, -0.05) is 0 Å². The molecule has 2 rings (SSSR count). The average molecular weight is 316 g/mol. The largest absolute Gasteiger partial charge is 0.497 e. The highest BCUT2D eigenvalue weighted by molar-refractivity contribution is 7.91. The van der Waals surface area contributed by atoms with Crippen molar-refractivity contribution in [1.29, 1.82) is 0 Å². The molecule has 1 fully saturated rings. The molecule has 2 N–H and O–H groups in total. The predicted octanol–water partition coefficient (Wildman–Crippen LogP) is -1.25. The first-order valence-corrected chi connectivity index (χ1v) is 8.79. The van der Waals surface area contributed by atoms with E-state index in [-0.39, 0.29) is 18.1 Å². The lowest BCUT2D eigenvalue weighted by atomic mass is 10.3. The van der Waals surface area contributed by atoms with Crippen molar-refractivity contribution < 1.29 is 27.9 Å². The highest BCUT2D eigenvalue weighted by atomic mass is 32.2. The van der Waals surface area contributed by atoms with Gasteiger partial charge in [0.15, 0.2) is 9.84 Å². The Balaban J connectivity index is 1.73. The molecule has 1 saturated heterocycles. The molecule has 7 heteroatoms. The van der Waals surface area contributed by atoms with Crippen LogP contribution in [0.2, 0.25) is 0 Å². The summed E-state index contributed by atoms with van der Waals surface area (Å²) in [7, 11) is -1.26. The standard InChI is InChI=1S/C14H21NO5S/c1-19-13-2-4-14(5-3-13)20-11-12(16)10-15-6-8-21(17,18)9-7-15/h2-5,12,16H,6-11H2,1H3/p+1/t12-/m1/s1. The molecule has 1 aromatic rings. The fourth-order valence-electron chi connectivity index (χ4n) is 2.29. The van der Waals surface area contributed by atoms with Crippen molar-refractivity contribution in [3.8, 4) is 11.5 Å². The number of benzene rings is 1. The molecule has 6 nitrogen and oxygen atoms in total. The van der Waals surface area contributed by atoms with Gasteiger partial charge in [0, 0.05) is 0 Å². The van der Waals surface area contributed by atoms with Gasteiger partial charge in [-0.15, -0.1) is 0 Å². The third kappa shape index (κ3) is 5.18. The predicted molar refractivity (Wildman–Crippen MR) is 78.7 cm³/mol. The van der Waals surface area contributed by atoms with E-state index in [9.17, 15) is 13.5 Å². The smallest absolute Gasteiger partial charge is 0.161 e. The molecule has 1 aliphatic rings. The van der Waals surface area contributed by atoms with Crippen molar-refractivity contribution >= 4 is 9.84 Å².